The Morgan fingerprint density at radius 2 is 1.82 bits per heavy atom. The van der Waals surface area contributed by atoms with E-state index in [1.807, 2.05) is 0 Å². The summed E-state index contributed by atoms with van der Waals surface area (Å²) in [6.07, 6.45) is -5.15. The fourth-order valence-electron chi connectivity index (χ4n) is 0.984. The van der Waals surface area contributed by atoms with Crippen molar-refractivity contribution in [1.29, 1.82) is 0 Å². The maximum Gasteiger partial charge on any atom is 0.573 e. The first-order valence-corrected chi connectivity index (χ1v) is 6.13. The standard InChI is InChI=1S/C7H4BrF4NO3S/c8-3-1-2-4(16-7(10,11)12)6(5(3)9)17(13,14)15/h1-2H,(H2,13,14,15). The molecule has 0 aliphatic rings. The highest BCUT2D eigenvalue weighted by atomic mass is 79.9. The lowest BCUT2D eigenvalue weighted by molar-refractivity contribution is -0.275. The van der Waals surface area contributed by atoms with Gasteiger partial charge in [0.1, 0.15) is 0 Å². The molecule has 10 heteroatoms. The average Bonchev–Trinajstić information content (AvgIpc) is 2.06. The third kappa shape index (κ3) is 3.54. The molecule has 1 aromatic carbocycles. The molecule has 0 heterocycles. The lowest BCUT2D eigenvalue weighted by atomic mass is 10.3. The zero-order chi connectivity index (χ0) is 13.4. The van der Waals surface area contributed by atoms with Crippen molar-refractivity contribution in [3.8, 4) is 5.75 Å². The number of rotatable bonds is 2. The molecule has 0 fully saturated rings. The Morgan fingerprint density at radius 1 is 1.29 bits per heavy atom. The molecule has 0 aromatic heterocycles. The van der Waals surface area contributed by atoms with Gasteiger partial charge >= 0.3 is 6.36 Å². The van der Waals surface area contributed by atoms with Gasteiger partial charge in [-0.2, -0.15) is 0 Å². The van der Waals surface area contributed by atoms with Crippen LogP contribution in [0.4, 0.5) is 17.6 Å². The van der Waals surface area contributed by atoms with Crippen LogP contribution in [0.25, 0.3) is 0 Å². The lowest BCUT2D eigenvalue weighted by Gasteiger charge is -2.13. The lowest BCUT2D eigenvalue weighted by Crippen LogP contribution is -2.22. The third-order valence-electron chi connectivity index (χ3n) is 1.52. The predicted molar refractivity (Wildman–Crippen MR) is 52.2 cm³/mol. The number of primary sulfonamides is 1. The normalized spacial score (nSPS) is 12.6. The highest BCUT2D eigenvalue weighted by Gasteiger charge is 2.35. The van der Waals surface area contributed by atoms with E-state index in [1.54, 1.807) is 0 Å². The summed E-state index contributed by atoms with van der Waals surface area (Å²) in [6.45, 7) is 0. The van der Waals surface area contributed by atoms with Gasteiger partial charge in [0.05, 0.1) is 4.47 Å². The molecule has 0 bridgehead atoms. The predicted octanol–water partition coefficient (Wildman–Crippen LogP) is 2.13. The molecule has 0 unspecified atom stereocenters. The van der Waals surface area contributed by atoms with Gasteiger partial charge in [0.25, 0.3) is 0 Å². The van der Waals surface area contributed by atoms with Gasteiger partial charge in [0.2, 0.25) is 10.0 Å². The zero-order valence-corrected chi connectivity index (χ0v) is 10.2. The molecule has 4 nitrogen and oxygen atoms in total. The molecule has 0 saturated heterocycles. The van der Waals surface area contributed by atoms with Crippen molar-refractivity contribution in [3.63, 3.8) is 0 Å². The SMILES string of the molecule is NS(=O)(=O)c1c(OC(F)(F)F)ccc(Br)c1F. The number of sulfonamides is 1. The highest BCUT2D eigenvalue weighted by molar-refractivity contribution is 9.10. The van der Waals surface area contributed by atoms with Crippen LogP contribution in [0, 0.1) is 5.82 Å². The number of hydrogen-bond donors (Lipinski definition) is 1. The first kappa shape index (κ1) is 14.2. The Bertz CT molecular complexity index is 543. The Morgan fingerprint density at radius 3 is 2.24 bits per heavy atom. The van der Waals surface area contributed by atoms with Gasteiger partial charge < -0.3 is 4.74 Å². The number of ether oxygens (including phenoxy) is 1. The average molecular weight is 338 g/mol. The van der Waals surface area contributed by atoms with Crippen LogP contribution in [0.3, 0.4) is 0 Å². The fraction of sp³-hybridized carbons (Fsp3) is 0.143. The second-order valence-corrected chi connectivity index (χ2v) is 5.13. The van der Waals surface area contributed by atoms with E-state index in [0.29, 0.717) is 6.07 Å². The van der Waals surface area contributed by atoms with Crippen molar-refractivity contribution in [3.05, 3.63) is 22.4 Å². The summed E-state index contributed by atoms with van der Waals surface area (Å²) < 4.78 is 74.2. The topological polar surface area (TPSA) is 69.4 Å². The third-order valence-corrected chi connectivity index (χ3v) is 3.09. The van der Waals surface area contributed by atoms with E-state index in [9.17, 15) is 26.0 Å². The van der Waals surface area contributed by atoms with Gasteiger partial charge in [-0.3, -0.25) is 0 Å². The fourth-order valence-corrected chi connectivity index (χ4v) is 2.20. The highest BCUT2D eigenvalue weighted by Crippen LogP contribution is 2.34. The van der Waals surface area contributed by atoms with Crippen molar-refractivity contribution in [2.45, 2.75) is 11.3 Å². The summed E-state index contributed by atoms with van der Waals surface area (Å²) in [5, 5.41) is 4.61. The quantitative estimate of drug-likeness (QED) is 0.840. The van der Waals surface area contributed by atoms with Crippen LogP contribution < -0.4 is 9.88 Å². The van der Waals surface area contributed by atoms with E-state index in [-0.39, 0.29) is 4.47 Å². The summed E-state index contributed by atoms with van der Waals surface area (Å²) >= 11 is 2.62. The van der Waals surface area contributed by atoms with Crippen LogP contribution in [0.15, 0.2) is 21.5 Å². The smallest absolute Gasteiger partial charge is 0.404 e. The molecule has 96 valence electrons. The van der Waals surface area contributed by atoms with Crippen LogP contribution in [0.2, 0.25) is 0 Å². The summed E-state index contributed by atoms with van der Waals surface area (Å²) in [4.78, 5) is -1.36. The maximum atomic E-state index is 13.4. The van der Waals surface area contributed by atoms with E-state index in [1.165, 1.54) is 0 Å². The van der Waals surface area contributed by atoms with Crippen LogP contribution in [0.5, 0.6) is 5.75 Å². The molecule has 0 saturated carbocycles. The molecule has 0 spiro atoms. The number of alkyl halides is 3. The molecule has 17 heavy (non-hydrogen) atoms. The minimum Gasteiger partial charge on any atom is -0.404 e. The zero-order valence-electron chi connectivity index (χ0n) is 7.75. The number of halogens is 5. The Balaban J connectivity index is 3.47. The van der Waals surface area contributed by atoms with E-state index >= 15 is 0 Å². The molecular formula is C7H4BrF4NO3S. The van der Waals surface area contributed by atoms with Gasteiger partial charge in [-0.15, -0.1) is 13.2 Å². The van der Waals surface area contributed by atoms with Crippen molar-refractivity contribution in [2.24, 2.45) is 5.14 Å². The molecule has 1 aromatic rings. The first-order chi connectivity index (χ1) is 7.52. The molecule has 2 N–H and O–H groups in total. The van der Waals surface area contributed by atoms with E-state index < -0.39 is 32.8 Å². The van der Waals surface area contributed by atoms with Gasteiger partial charge in [-0.1, -0.05) is 0 Å². The summed E-state index contributed by atoms with van der Waals surface area (Å²) in [5.41, 5.74) is 0. The molecule has 0 atom stereocenters. The Hall–Kier alpha value is -0.870. The molecule has 0 radical (unpaired) electrons. The van der Waals surface area contributed by atoms with Gasteiger partial charge in [-0.25, -0.2) is 17.9 Å². The van der Waals surface area contributed by atoms with E-state index in [4.69, 9.17) is 0 Å². The largest absolute Gasteiger partial charge is 0.573 e. The van der Waals surface area contributed by atoms with Crippen molar-refractivity contribution in [2.75, 3.05) is 0 Å². The Labute approximate surface area is 102 Å². The monoisotopic (exact) mass is 337 g/mol. The second kappa shape index (κ2) is 4.42. The van der Waals surface area contributed by atoms with Crippen LogP contribution in [-0.2, 0) is 10.0 Å². The van der Waals surface area contributed by atoms with Crippen LogP contribution >= 0.6 is 15.9 Å². The molecule has 0 amide bonds. The van der Waals surface area contributed by atoms with E-state index in [2.05, 4.69) is 25.8 Å². The van der Waals surface area contributed by atoms with Crippen molar-refractivity contribution >= 4 is 26.0 Å². The van der Waals surface area contributed by atoms with Gasteiger partial charge in [-0.05, 0) is 28.1 Å². The van der Waals surface area contributed by atoms with Crippen molar-refractivity contribution in [1.82, 2.24) is 0 Å². The van der Waals surface area contributed by atoms with E-state index in [0.717, 1.165) is 6.07 Å². The second-order valence-electron chi connectivity index (χ2n) is 2.78. The molecule has 0 aliphatic carbocycles. The minimum atomic E-state index is -5.15. The van der Waals surface area contributed by atoms with Crippen LogP contribution in [-0.4, -0.2) is 14.8 Å². The summed E-state index contributed by atoms with van der Waals surface area (Å²) in [5.74, 6) is -2.67. The van der Waals surface area contributed by atoms with Crippen molar-refractivity contribution < 1.29 is 30.7 Å². The van der Waals surface area contributed by atoms with Gasteiger partial charge in [0, 0.05) is 0 Å². The summed E-state index contributed by atoms with van der Waals surface area (Å²) in [6, 6.07) is 1.51. The molecule has 1 rings (SSSR count). The van der Waals surface area contributed by atoms with Gasteiger partial charge in [0.15, 0.2) is 16.5 Å². The number of hydrogen-bond acceptors (Lipinski definition) is 3. The molecular weight excluding hydrogens is 334 g/mol. The number of benzene rings is 1. The first-order valence-electron chi connectivity index (χ1n) is 3.79. The maximum absolute atomic E-state index is 13.4. The molecule has 0 aliphatic heterocycles. The van der Waals surface area contributed by atoms with Crippen LogP contribution in [0.1, 0.15) is 0 Å². The Kier molecular flexibility index (Phi) is 3.69. The number of nitrogens with two attached hydrogens (primary N) is 1. The summed E-state index contributed by atoms with van der Waals surface area (Å²) in [7, 11) is -4.69. The minimum absolute atomic E-state index is 0.351.